The average molecular weight is 508 g/mol. The molecule has 0 saturated heterocycles. The van der Waals surface area contributed by atoms with Crippen molar-refractivity contribution in [2.45, 2.75) is 6.18 Å². The first-order chi connectivity index (χ1) is 18.3. The maximum atomic E-state index is 12.8. The van der Waals surface area contributed by atoms with Crippen molar-refractivity contribution in [2.75, 3.05) is 5.73 Å². The van der Waals surface area contributed by atoms with Crippen LogP contribution in [0, 0.1) is 0 Å². The van der Waals surface area contributed by atoms with Gasteiger partial charge in [0.2, 0.25) is 0 Å². The van der Waals surface area contributed by atoms with E-state index in [1.54, 1.807) is 12.1 Å². The predicted octanol–water partition coefficient (Wildman–Crippen LogP) is 9.34. The number of ether oxygens (including phenoxy) is 1. The smallest absolute Gasteiger partial charge is 0.416 e. The van der Waals surface area contributed by atoms with E-state index in [1.807, 2.05) is 72.8 Å². The second-order valence-corrected chi connectivity index (χ2v) is 8.87. The van der Waals surface area contributed by atoms with Crippen LogP contribution in [-0.4, -0.2) is 0 Å². The van der Waals surface area contributed by atoms with Crippen molar-refractivity contribution in [3.8, 4) is 39.1 Å². The summed E-state index contributed by atoms with van der Waals surface area (Å²) in [6.45, 7) is 4.07. The van der Waals surface area contributed by atoms with Crippen LogP contribution in [0.25, 0.3) is 39.1 Å². The van der Waals surface area contributed by atoms with E-state index in [1.165, 1.54) is 12.1 Å². The number of hydrogen-bond donors (Lipinski definition) is 1. The Kier molecular flexibility index (Phi) is 6.75. The highest BCUT2D eigenvalue weighted by molar-refractivity contribution is 5.75. The van der Waals surface area contributed by atoms with E-state index < -0.39 is 11.7 Å². The zero-order valence-corrected chi connectivity index (χ0v) is 20.4. The Morgan fingerprint density at radius 3 is 1.55 bits per heavy atom. The molecule has 0 aromatic heterocycles. The molecular formula is C33H24F3NO. The van der Waals surface area contributed by atoms with E-state index in [0.29, 0.717) is 17.2 Å². The van der Waals surface area contributed by atoms with Gasteiger partial charge in [0.05, 0.1) is 11.3 Å². The second kappa shape index (κ2) is 10.3. The highest BCUT2D eigenvalue weighted by Gasteiger charge is 2.29. The molecule has 2 nitrogen and oxygen atoms in total. The Hall–Kier alpha value is -4.77. The summed E-state index contributed by atoms with van der Waals surface area (Å²) in [4.78, 5) is 0. The van der Waals surface area contributed by atoms with Gasteiger partial charge < -0.3 is 10.5 Å². The normalized spacial score (nSPS) is 11.2. The minimum Gasteiger partial charge on any atom is -0.455 e. The molecule has 0 aliphatic carbocycles. The Bertz CT molecular complexity index is 1570. The summed E-state index contributed by atoms with van der Waals surface area (Å²) in [5.74, 6) is 1.08. The van der Waals surface area contributed by atoms with Gasteiger partial charge in [0, 0.05) is 5.56 Å². The molecule has 0 spiro atoms. The topological polar surface area (TPSA) is 35.2 Å². The number of hydrogen-bond acceptors (Lipinski definition) is 2. The fourth-order valence-corrected chi connectivity index (χ4v) is 4.20. The molecule has 0 heterocycles. The van der Waals surface area contributed by atoms with Crippen LogP contribution in [0.15, 0.2) is 128 Å². The van der Waals surface area contributed by atoms with Gasteiger partial charge in [-0.05, 0) is 63.7 Å². The second-order valence-electron chi connectivity index (χ2n) is 8.87. The lowest BCUT2D eigenvalue weighted by molar-refractivity contribution is -0.137. The lowest BCUT2D eigenvalue weighted by Gasteiger charge is -2.12. The van der Waals surface area contributed by atoms with E-state index in [-0.39, 0.29) is 0 Å². The van der Waals surface area contributed by atoms with Crippen LogP contribution in [0.1, 0.15) is 11.1 Å². The van der Waals surface area contributed by atoms with E-state index in [9.17, 15) is 13.2 Å². The summed E-state index contributed by atoms with van der Waals surface area (Å²) in [6, 6.07) is 36.4. The van der Waals surface area contributed by atoms with Crippen LogP contribution in [-0.2, 0) is 6.18 Å². The molecule has 0 aliphatic heterocycles. The SMILES string of the molecule is C=C(Oc1ccccc1N)c1cccc(-c2ccc(-c3ccc(-c4ccc(C(F)(F)F)cc4)cc3)cc2)c1. The third-order valence-electron chi connectivity index (χ3n) is 6.32. The molecule has 5 rings (SSSR count). The average Bonchev–Trinajstić information content (AvgIpc) is 2.94. The molecule has 0 saturated carbocycles. The Morgan fingerprint density at radius 1 is 0.579 bits per heavy atom. The lowest BCUT2D eigenvalue weighted by Crippen LogP contribution is -2.03. The van der Waals surface area contributed by atoms with Crippen molar-refractivity contribution in [3.63, 3.8) is 0 Å². The van der Waals surface area contributed by atoms with E-state index in [0.717, 1.165) is 51.1 Å². The van der Waals surface area contributed by atoms with Crippen molar-refractivity contribution in [3.05, 3.63) is 139 Å². The number of halogens is 3. The quantitative estimate of drug-likeness (QED) is 0.184. The lowest BCUT2D eigenvalue weighted by atomic mass is 9.97. The highest BCUT2D eigenvalue weighted by atomic mass is 19.4. The van der Waals surface area contributed by atoms with Crippen molar-refractivity contribution in [2.24, 2.45) is 0 Å². The number of anilines is 1. The molecule has 5 heteroatoms. The first-order valence-electron chi connectivity index (χ1n) is 12.0. The van der Waals surface area contributed by atoms with Crippen molar-refractivity contribution in [1.29, 1.82) is 0 Å². The van der Waals surface area contributed by atoms with Crippen LogP contribution >= 0.6 is 0 Å². The summed E-state index contributed by atoms with van der Waals surface area (Å²) >= 11 is 0. The van der Waals surface area contributed by atoms with Gasteiger partial charge in [0.15, 0.2) is 0 Å². The van der Waals surface area contributed by atoms with Crippen LogP contribution in [0.3, 0.4) is 0 Å². The van der Waals surface area contributed by atoms with Crippen molar-refractivity contribution < 1.29 is 17.9 Å². The molecule has 0 fully saturated rings. The number of rotatable bonds is 6. The molecule has 0 atom stereocenters. The number of nitrogen functional groups attached to an aromatic ring is 1. The van der Waals surface area contributed by atoms with Crippen LogP contribution < -0.4 is 10.5 Å². The van der Waals surface area contributed by atoms with E-state index >= 15 is 0 Å². The number of benzene rings is 5. The van der Waals surface area contributed by atoms with E-state index in [2.05, 4.69) is 18.7 Å². The largest absolute Gasteiger partial charge is 0.455 e. The van der Waals surface area contributed by atoms with Crippen LogP contribution in [0.4, 0.5) is 18.9 Å². The molecule has 0 bridgehead atoms. The molecular weight excluding hydrogens is 483 g/mol. The maximum Gasteiger partial charge on any atom is 0.416 e. The number of alkyl halides is 3. The zero-order valence-electron chi connectivity index (χ0n) is 20.4. The maximum absolute atomic E-state index is 12.8. The molecule has 2 N–H and O–H groups in total. The van der Waals surface area contributed by atoms with Gasteiger partial charge >= 0.3 is 6.18 Å². The summed E-state index contributed by atoms with van der Waals surface area (Å²) in [5, 5.41) is 0. The van der Waals surface area contributed by atoms with Gasteiger partial charge in [-0.25, -0.2) is 0 Å². The van der Waals surface area contributed by atoms with Crippen molar-refractivity contribution >= 4 is 11.4 Å². The minimum atomic E-state index is -4.34. The Balaban J connectivity index is 1.31. The summed E-state index contributed by atoms with van der Waals surface area (Å²) in [5.41, 5.74) is 12.5. The molecule has 0 unspecified atom stereocenters. The van der Waals surface area contributed by atoms with Gasteiger partial charge in [0.25, 0.3) is 0 Å². The predicted molar refractivity (Wildman–Crippen MR) is 148 cm³/mol. The fraction of sp³-hybridized carbons (Fsp3) is 0.0303. The van der Waals surface area contributed by atoms with Gasteiger partial charge in [-0.3, -0.25) is 0 Å². The third kappa shape index (κ3) is 5.47. The highest BCUT2D eigenvalue weighted by Crippen LogP contribution is 2.33. The Morgan fingerprint density at radius 2 is 1.05 bits per heavy atom. The Labute approximate surface area is 219 Å². The summed E-state index contributed by atoms with van der Waals surface area (Å²) in [6.07, 6.45) is -4.34. The number of para-hydroxylation sites is 2. The third-order valence-corrected chi connectivity index (χ3v) is 6.32. The molecule has 0 amide bonds. The summed E-state index contributed by atoms with van der Waals surface area (Å²) in [7, 11) is 0. The van der Waals surface area contributed by atoms with Gasteiger partial charge in [-0.15, -0.1) is 0 Å². The standard InChI is InChI=1S/C33H24F3NO/c1-22(38-32-8-3-2-7-31(32)37)28-5-4-6-29(21-28)27-15-13-24(14-16-27)23-9-11-25(12-10-23)26-17-19-30(20-18-26)33(34,35)36/h2-21H,1,37H2. The monoisotopic (exact) mass is 507 g/mol. The van der Waals surface area contributed by atoms with Crippen LogP contribution in [0.5, 0.6) is 5.75 Å². The molecule has 188 valence electrons. The number of nitrogens with two attached hydrogens (primary N) is 1. The minimum absolute atomic E-state index is 0.509. The molecule has 38 heavy (non-hydrogen) atoms. The van der Waals surface area contributed by atoms with Crippen LogP contribution in [0.2, 0.25) is 0 Å². The van der Waals surface area contributed by atoms with Crippen molar-refractivity contribution in [1.82, 2.24) is 0 Å². The first kappa shape index (κ1) is 24.9. The molecule has 0 aliphatic rings. The zero-order chi connectivity index (χ0) is 26.7. The molecule has 5 aromatic carbocycles. The first-order valence-corrected chi connectivity index (χ1v) is 12.0. The fourth-order valence-electron chi connectivity index (χ4n) is 4.20. The van der Waals surface area contributed by atoms with Gasteiger partial charge in [0.1, 0.15) is 11.5 Å². The molecule has 5 aromatic rings. The van der Waals surface area contributed by atoms with Gasteiger partial charge in [-0.1, -0.05) is 97.6 Å². The molecule has 0 radical (unpaired) electrons. The van der Waals surface area contributed by atoms with E-state index in [4.69, 9.17) is 10.5 Å². The summed E-state index contributed by atoms with van der Waals surface area (Å²) < 4.78 is 44.4. The van der Waals surface area contributed by atoms with Gasteiger partial charge in [-0.2, -0.15) is 13.2 Å².